The fraction of sp³-hybridized carbons (Fsp3) is 0.634. The van der Waals surface area contributed by atoms with E-state index in [9.17, 15) is 41.1 Å². The smallest absolute Gasteiger partial charge is 0.411 e. The summed E-state index contributed by atoms with van der Waals surface area (Å²) in [5.41, 5.74) is -4.77. The second-order valence-electron chi connectivity index (χ2n) is 17.4. The number of pyridine rings is 1. The highest BCUT2D eigenvalue weighted by Crippen LogP contribution is 2.48. The Kier molecular flexibility index (Phi) is 12.1. The number of allylic oxidation sites excluding steroid dienone is 1. The number of halogens is 3. The van der Waals surface area contributed by atoms with E-state index in [1.165, 1.54) is 27.2 Å². The van der Waals surface area contributed by atoms with Crippen LogP contribution in [0.15, 0.2) is 36.5 Å². The Hall–Kier alpha value is -4.81. The van der Waals surface area contributed by atoms with Crippen LogP contribution in [0.3, 0.4) is 0 Å². The molecule has 0 bridgehead atoms. The minimum absolute atomic E-state index is 0.0428. The summed E-state index contributed by atoms with van der Waals surface area (Å²) in [5, 5.41) is 14.3. The Morgan fingerprint density at radius 1 is 1.13 bits per heavy atom. The molecule has 3 heterocycles. The molecule has 2 aromatic rings. The fourth-order valence-electron chi connectivity index (χ4n) is 8.43. The molecule has 7 atom stereocenters. The monoisotopic (exact) mass is 865 g/mol. The first-order chi connectivity index (χ1) is 28.0. The number of fused-ring (bicyclic) bond motifs is 3. The number of alkyl halides is 3. The van der Waals surface area contributed by atoms with Gasteiger partial charge in [0.1, 0.15) is 40.8 Å². The molecule has 2 aliphatic carbocycles. The number of hydrogen-bond donors (Lipinski definition) is 3. The molecular weight excluding hydrogens is 812 g/mol. The van der Waals surface area contributed by atoms with Gasteiger partial charge in [0, 0.05) is 23.1 Å². The van der Waals surface area contributed by atoms with Crippen molar-refractivity contribution in [3.8, 4) is 17.4 Å². The minimum Gasteiger partial charge on any atom is -0.494 e. The van der Waals surface area contributed by atoms with Crippen LogP contribution < -0.4 is 24.2 Å². The molecule has 1 aromatic carbocycles. The first-order valence-corrected chi connectivity index (χ1v) is 21.7. The number of carbonyl (C=O) groups is 4. The molecule has 15 nitrogen and oxygen atoms in total. The standard InChI is InChI=1S/C41H54F3N5O10S/c1-8-58-26-13-14-28-29(18-26)31(57-7)21-45-34(28)59-27-19-30-33(50)46-40(36(52)47-60(55,56)39(6)15-16-39)20-25(40)12-10-9-11-23(2)17-24(3)32(35(51)48(30)22-27)49(37(53)54)38(4,5)41(42,43)44/h10,12-14,18,21,23-25,27,30,32H,8-9,11,15-17,19-20,22H2,1-7H3,(H,46,50)(H,47,52)(H,53,54)/b12-10-/t23-,24-,25-,27-,30+,32+,40-/m1/s1. The van der Waals surface area contributed by atoms with Crippen LogP contribution in [0, 0.1) is 17.8 Å². The molecule has 19 heteroatoms. The summed E-state index contributed by atoms with van der Waals surface area (Å²) in [4.78, 5) is 62.2. The number of hydrogen-bond acceptors (Lipinski definition) is 10. The number of carbonyl (C=O) groups excluding carboxylic acids is 3. The number of sulfonamides is 1. The molecule has 1 aromatic heterocycles. The number of nitrogens with zero attached hydrogens (tertiary/aromatic N) is 3. The van der Waals surface area contributed by atoms with Crippen LogP contribution in [0.4, 0.5) is 18.0 Å². The van der Waals surface area contributed by atoms with E-state index in [0.29, 0.717) is 68.4 Å². The van der Waals surface area contributed by atoms with Gasteiger partial charge in [-0.2, -0.15) is 13.2 Å². The van der Waals surface area contributed by atoms with Crippen molar-refractivity contribution in [2.45, 2.75) is 127 Å². The molecule has 330 valence electrons. The van der Waals surface area contributed by atoms with Crippen molar-refractivity contribution in [1.82, 2.24) is 24.8 Å². The highest BCUT2D eigenvalue weighted by atomic mass is 32.2. The molecule has 0 radical (unpaired) electrons. The summed E-state index contributed by atoms with van der Waals surface area (Å²) in [6, 6.07) is 1.71. The summed E-state index contributed by atoms with van der Waals surface area (Å²) in [7, 11) is -2.67. The van der Waals surface area contributed by atoms with Crippen LogP contribution >= 0.6 is 0 Å². The average molecular weight is 866 g/mol. The van der Waals surface area contributed by atoms with Gasteiger partial charge in [0.05, 0.1) is 31.2 Å². The molecule has 2 aliphatic heterocycles. The average Bonchev–Trinajstić information content (AvgIpc) is 4.04. The lowest BCUT2D eigenvalue weighted by molar-refractivity contribution is -0.222. The van der Waals surface area contributed by atoms with Crippen LogP contribution in [-0.4, -0.2) is 113 Å². The maximum Gasteiger partial charge on any atom is 0.411 e. The summed E-state index contributed by atoms with van der Waals surface area (Å²) in [6.45, 7) is 8.10. The first kappa shape index (κ1) is 44.7. The van der Waals surface area contributed by atoms with E-state index in [4.69, 9.17) is 14.2 Å². The molecule has 3 N–H and O–H groups in total. The van der Waals surface area contributed by atoms with Gasteiger partial charge in [0.2, 0.25) is 27.7 Å². The number of nitrogens with one attached hydrogen (secondary N) is 2. The molecule has 0 spiro atoms. The van der Waals surface area contributed by atoms with Gasteiger partial charge in [-0.1, -0.05) is 26.0 Å². The van der Waals surface area contributed by atoms with Crippen molar-refractivity contribution >= 4 is 44.6 Å². The lowest BCUT2D eigenvalue weighted by Crippen LogP contribution is -2.66. The van der Waals surface area contributed by atoms with E-state index in [0.717, 1.165) is 4.90 Å². The van der Waals surface area contributed by atoms with Crippen molar-refractivity contribution < 1.29 is 60.1 Å². The third kappa shape index (κ3) is 8.42. The predicted molar refractivity (Wildman–Crippen MR) is 213 cm³/mol. The highest BCUT2D eigenvalue weighted by molar-refractivity contribution is 7.91. The first-order valence-electron chi connectivity index (χ1n) is 20.2. The minimum atomic E-state index is -5.10. The van der Waals surface area contributed by atoms with Crippen molar-refractivity contribution in [1.29, 1.82) is 0 Å². The van der Waals surface area contributed by atoms with Crippen LogP contribution in [0.1, 0.15) is 86.5 Å². The Morgan fingerprint density at radius 3 is 2.45 bits per heavy atom. The van der Waals surface area contributed by atoms with Gasteiger partial charge in [-0.3, -0.25) is 24.0 Å². The largest absolute Gasteiger partial charge is 0.494 e. The molecule has 0 unspecified atom stereocenters. The fourth-order valence-corrected chi connectivity index (χ4v) is 9.74. The van der Waals surface area contributed by atoms with Crippen molar-refractivity contribution in [3.63, 3.8) is 0 Å². The lowest BCUT2D eigenvalue weighted by Gasteiger charge is -2.45. The summed E-state index contributed by atoms with van der Waals surface area (Å²) >= 11 is 0. The van der Waals surface area contributed by atoms with Crippen molar-refractivity contribution in [2.24, 2.45) is 17.8 Å². The molecule has 3 fully saturated rings. The van der Waals surface area contributed by atoms with E-state index in [1.54, 1.807) is 30.4 Å². The SMILES string of the molecule is CCOc1ccc2c(O[C@@H]3C[C@H]4C(=O)N[C@]5(C(=O)NS(=O)(=O)C6(C)CC6)C[C@H]5/C=C\CC[C@@H](C)C[C@@H](C)[C@H](N(C(=O)O)C(C)(C)C(F)(F)F)C(=O)N4C3)ncc(OC)c2c1. The number of rotatable bonds is 10. The zero-order valence-electron chi connectivity index (χ0n) is 34.8. The summed E-state index contributed by atoms with van der Waals surface area (Å²) in [5.74, 6) is -3.65. The molecule has 2 saturated carbocycles. The third-order valence-electron chi connectivity index (χ3n) is 12.6. The summed E-state index contributed by atoms with van der Waals surface area (Å²) < 4.78 is 89.3. The van der Waals surface area contributed by atoms with Gasteiger partial charge in [-0.25, -0.2) is 18.2 Å². The van der Waals surface area contributed by atoms with Gasteiger partial charge in [-0.15, -0.1) is 0 Å². The van der Waals surface area contributed by atoms with Crippen molar-refractivity contribution in [2.75, 3.05) is 20.3 Å². The normalized spacial score (nSPS) is 28.9. The number of methoxy groups -OCH3 is 1. The Bertz CT molecular complexity index is 2160. The number of carboxylic acid groups (broad SMARTS) is 1. The summed E-state index contributed by atoms with van der Waals surface area (Å²) in [6.07, 6.45) is -1.53. The number of benzene rings is 1. The van der Waals surface area contributed by atoms with Gasteiger partial charge in [0.15, 0.2) is 0 Å². The molecule has 6 rings (SSSR count). The van der Waals surface area contributed by atoms with E-state index in [2.05, 4.69) is 15.0 Å². The Balaban J connectivity index is 1.43. The van der Waals surface area contributed by atoms with E-state index >= 15 is 4.79 Å². The quantitative estimate of drug-likeness (QED) is 0.253. The Labute approximate surface area is 347 Å². The Morgan fingerprint density at radius 2 is 1.83 bits per heavy atom. The van der Waals surface area contributed by atoms with Crippen LogP contribution in [-0.2, 0) is 24.4 Å². The second kappa shape index (κ2) is 16.2. The number of amides is 4. The maximum absolute atomic E-state index is 15.1. The van der Waals surface area contributed by atoms with Gasteiger partial charge >= 0.3 is 12.3 Å². The van der Waals surface area contributed by atoms with Gasteiger partial charge in [0.25, 0.3) is 5.91 Å². The molecular formula is C41H54F3N5O10S. The van der Waals surface area contributed by atoms with Gasteiger partial charge in [-0.05, 0) is 96.3 Å². The zero-order chi connectivity index (χ0) is 44.2. The topological polar surface area (TPSA) is 194 Å². The lowest BCUT2D eigenvalue weighted by atomic mass is 9.85. The van der Waals surface area contributed by atoms with E-state index in [1.807, 2.05) is 13.8 Å². The van der Waals surface area contributed by atoms with Crippen molar-refractivity contribution in [3.05, 3.63) is 36.5 Å². The molecule has 60 heavy (non-hydrogen) atoms. The van der Waals surface area contributed by atoms with Crippen LogP contribution in [0.2, 0.25) is 0 Å². The second-order valence-corrected chi connectivity index (χ2v) is 19.6. The molecule has 4 aliphatic rings. The molecule has 1 saturated heterocycles. The molecule has 4 amide bonds. The van der Waals surface area contributed by atoms with Gasteiger partial charge < -0.3 is 29.5 Å². The number of aromatic nitrogens is 1. The van der Waals surface area contributed by atoms with Crippen LogP contribution in [0.5, 0.6) is 17.4 Å². The zero-order valence-corrected chi connectivity index (χ0v) is 35.6. The highest BCUT2D eigenvalue weighted by Gasteiger charge is 2.64. The van der Waals surface area contributed by atoms with E-state index in [-0.39, 0.29) is 42.5 Å². The maximum atomic E-state index is 15.1. The number of ether oxygens (including phenoxy) is 3. The van der Waals surface area contributed by atoms with E-state index < -0.39 is 85.9 Å². The third-order valence-corrected chi connectivity index (χ3v) is 14.7. The van der Waals surface area contributed by atoms with Crippen LogP contribution in [0.25, 0.3) is 10.8 Å². The predicted octanol–water partition coefficient (Wildman–Crippen LogP) is 5.57.